The molecule has 0 amide bonds. The van der Waals surface area contributed by atoms with Crippen LogP contribution < -0.4 is 4.90 Å². The van der Waals surface area contributed by atoms with Crippen LogP contribution in [0.2, 0.25) is 0 Å². The molecule has 2 rings (SSSR count). The minimum atomic E-state index is -0.946. The molecule has 1 aliphatic heterocycles. The largest absolute Gasteiger partial charge is 0.478 e. The van der Waals surface area contributed by atoms with Crippen LogP contribution in [0, 0.1) is 5.41 Å². The number of anilines is 1. The number of hydrogen-bond donors (Lipinski definition) is 1. The molecule has 0 fully saturated rings. The van der Waals surface area contributed by atoms with Gasteiger partial charge < -0.3 is 10.0 Å². The lowest BCUT2D eigenvalue weighted by atomic mass is 9.83. The first-order valence-corrected chi connectivity index (χ1v) is 7.18. The zero-order valence-electron chi connectivity index (χ0n) is 12.8. The maximum atomic E-state index is 10.7. The molecule has 0 aromatic carbocycles. The lowest BCUT2D eigenvalue weighted by molar-refractivity contribution is -0.131. The van der Waals surface area contributed by atoms with Gasteiger partial charge in [-0.1, -0.05) is 32.4 Å². The molecule has 1 aromatic heterocycles. The van der Waals surface area contributed by atoms with E-state index in [4.69, 9.17) is 5.11 Å². The summed E-state index contributed by atoms with van der Waals surface area (Å²) in [5.74, 6) is -0.0995. The van der Waals surface area contributed by atoms with Crippen molar-refractivity contribution in [1.29, 1.82) is 0 Å². The number of nitrogens with zero attached hydrogens (tertiary/aromatic N) is 2. The Hall–Kier alpha value is -2.10. The van der Waals surface area contributed by atoms with Gasteiger partial charge in [-0.05, 0) is 30.0 Å². The highest BCUT2D eigenvalue weighted by atomic mass is 16.4. The van der Waals surface area contributed by atoms with E-state index in [2.05, 4.69) is 36.7 Å². The summed E-state index contributed by atoms with van der Waals surface area (Å²) in [6, 6.07) is 3.72. The SMILES string of the molecule is CC(C)(C)C1=CCN(c2ncccc2/C=C/C(=O)O)CC1. The van der Waals surface area contributed by atoms with Crippen molar-refractivity contribution < 1.29 is 9.90 Å². The van der Waals surface area contributed by atoms with Crippen LogP contribution in [0.25, 0.3) is 6.08 Å². The monoisotopic (exact) mass is 286 g/mol. The molecular formula is C17H22N2O2. The first-order chi connectivity index (χ1) is 9.88. The molecule has 4 nitrogen and oxygen atoms in total. The van der Waals surface area contributed by atoms with Crippen molar-refractivity contribution in [2.45, 2.75) is 27.2 Å². The number of carboxylic acids is 1. The van der Waals surface area contributed by atoms with E-state index < -0.39 is 5.97 Å². The van der Waals surface area contributed by atoms with Gasteiger partial charge in [-0.3, -0.25) is 0 Å². The highest BCUT2D eigenvalue weighted by Gasteiger charge is 2.22. The molecule has 0 saturated heterocycles. The van der Waals surface area contributed by atoms with E-state index in [0.29, 0.717) is 0 Å². The third-order valence-electron chi connectivity index (χ3n) is 3.69. The predicted molar refractivity (Wildman–Crippen MR) is 85.3 cm³/mol. The standard InChI is InChI=1S/C17H22N2O2/c1-17(2,3)14-8-11-19(12-9-14)16-13(5-4-10-18-16)6-7-15(20)21/h4-8,10H,9,11-12H2,1-3H3,(H,20,21)/b7-6+. The summed E-state index contributed by atoms with van der Waals surface area (Å²) in [5, 5.41) is 8.77. The minimum Gasteiger partial charge on any atom is -0.478 e. The minimum absolute atomic E-state index is 0.211. The Kier molecular flexibility index (Phi) is 4.46. The first-order valence-electron chi connectivity index (χ1n) is 7.18. The summed E-state index contributed by atoms with van der Waals surface area (Å²) in [6.45, 7) is 8.43. The van der Waals surface area contributed by atoms with Crippen LogP contribution in [0.15, 0.2) is 36.1 Å². The maximum absolute atomic E-state index is 10.7. The fourth-order valence-electron chi connectivity index (χ4n) is 2.51. The number of aromatic nitrogens is 1. The molecule has 2 heterocycles. The van der Waals surface area contributed by atoms with Gasteiger partial charge in [0.1, 0.15) is 5.82 Å². The van der Waals surface area contributed by atoms with Crippen molar-refractivity contribution in [2.75, 3.05) is 18.0 Å². The quantitative estimate of drug-likeness (QED) is 0.684. The normalized spacial score (nSPS) is 16.1. The van der Waals surface area contributed by atoms with Crippen molar-refractivity contribution in [3.05, 3.63) is 41.6 Å². The molecule has 0 aliphatic carbocycles. The Balaban J connectivity index is 2.21. The number of pyridine rings is 1. The lowest BCUT2D eigenvalue weighted by Gasteiger charge is -2.33. The van der Waals surface area contributed by atoms with E-state index in [-0.39, 0.29) is 5.41 Å². The van der Waals surface area contributed by atoms with Crippen LogP contribution in [0.1, 0.15) is 32.8 Å². The van der Waals surface area contributed by atoms with E-state index in [1.54, 1.807) is 12.3 Å². The molecule has 21 heavy (non-hydrogen) atoms. The smallest absolute Gasteiger partial charge is 0.328 e. The number of rotatable bonds is 3. The number of aliphatic carboxylic acids is 1. The van der Waals surface area contributed by atoms with Crippen LogP contribution >= 0.6 is 0 Å². The van der Waals surface area contributed by atoms with Gasteiger partial charge in [0.15, 0.2) is 0 Å². The van der Waals surface area contributed by atoms with Crippen LogP contribution in [0.5, 0.6) is 0 Å². The summed E-state index contributed by atoms with van der Waals surface area (Å²) in [5.41, 5.74) is 2.52. The second kappa shape index (κ2) is 6.12. The van der Waals surface area contributed by atoms with Gasteiger partial charge in [-0.15, -0.1) is 0 Å². The molecule has 4 heteroatoms. The molecule has 0 bridgehead atoms. The van der Waals surface area contributed by atoms with Gasteiger partial charge in [0.05, 0.1) is 0 Å². The van der Waals surface area contributed by atoms with E-state index >= 15 is 0 Å². The summed E-state index contributed by atoms with van der Waals surface area (Å²) in [4.78, 5) is 17.3. The summed E-state index contributed by atoms with van der Waals surface area (Å²) in [7, 11) is 0. The van der Waals surface area contributed by atoms with Crippen molar-refractivity contribution in [2.24, 2.45) is 5.41 Å². The zero-order valence-corrected chi connectivity index (χ0v) is 12.8. The fraction of sp³-hybridized carbons (Fsp3) is 0.412. The fourth-order valence-corrected chi connectivity index (χ4v) is 2.51. The molecule has 0 radical (unpaired) electrons. The van der Waals surface area contributed by atoms with Gasteiger partial charge in [-0.25, -0.2) is 9.78 Å². The molecular weight excluding hydrogens is 264 g/mol. The highest BCUT2D eigenvalue weighted by Crippen LogP contribution is 2.31. The molecule has 1 aliphatic rings. The summed E-state index contributed by atoms with van der Waals surface area (Å²) in [6.07, 6.45) is 7.79. The zero-order chi connectivity index (χ0) is 15.5. The van der Waals surface area contributed by atoms with Crippen molar-refractivity contribution in [1.82, 2.24) is 4.98 Å². The van der Waals surface area contributed by atoms with Crippen molar-refractivity contribution in [3.8, 4) is 0 Å². The Labute approximate surface area is 125 Å². The van der Waals surface area contributed by atoms with Crippen molar-refractivity contribution in [3.63, 3.8) is 0 Å². The van der Waals surface area contributed by atoms with Gasteiger partial charge >= 0.3 is 5.97 Å². The third kappa shape index (κ3) is 3.94. The average molecular weight is 286 g/mol. The Morgan fingerprint density at radius 2 is 2.19 bits per heavy atom. The first kappa shape index (κ1) is 15.3. The number of hydrogen-bond acceptors (Lipinski definition) is 3. The Bertz CT molecular complexity index is 583. The molecule has 1 aromatic rings. The van der Waals surface area contributed by atoms with Crippen molar-refractivity contribution >= 4 is 17.9 Å². The second-order valence-corrected chi connectivity index (χ2v) is 6.26. The van der Waals surface area contributed by atoms with Crippen LogP contribution in [0.4, 0.5) is 5.82 Å². The highest BCUT2D eigenvalue weighted by molar-refractivity contribution is 5.86. The summed E-state index contributed by atoms with van der Waals surface area (Å²) >= 11 is 0. The number of carbonyl (C=O) groups is 1. The van der Waals surface area contributed by atoms with Gasteiger partial charge in [0.2, 0.25) is 0 Å². The van der Waals surface area contributed by atoms with Crippen LogP contribution in [-0.2, 0) is 4.79 Å². The van der Waals surface area contributed by atoms with Crippen LogP contribution in [0.3, 0.4) is 0 Å². The molecule has 0 spiro atoms. The molecule has 0 atom stereocenters. The Morgan fingerprint density at radius 3 is 2.76 bits per heavy atom. The topological polar surface area (TPSA) is 53.4 Å². The second-order valence-electron chi connectivity index (χ2n) is 6.26. The molecule has 1 N–H and O–H groups in total. The van der Waals surface area contributed by atoms with E-state index in [1.165, 1.54) is 5.57 Å². The van der Waals surface area contributed by atoms with E-state index in [0.717, 1.165) is 37.0 Å². The van der Waals surface area contributed by atoms with Crippen LogP contribution in [-0.4, -0.2) is 29.1 Å². The van der Waals surface area contributed by atoms with Gasteiger partial charge in [-0.2, -0.15) is 0 Å². The van der Waals surface area contributed by atoms with Gasteiger partial charge in [0.25, 0.3) is 0 Å². The average Bonchev–Trinajstić information content (AvgIpc) is 2.44. The molecule has 0 unspecified atom stereocenters. The maximum Gasteiger partial charge on any atom is 0.328 e. The molecule has 112 valence electrons. The predicted octanol–water partition coefficient (Wildman–Crippen LogP) is 3.36. The molecule has 0 saturated carbocycles. The third-order valence-corrected chi connectivity index (χ3v) is 3.69. The number of carboxylic acid groups (broad SMARTS) is 1. The van der Waals surface area contributed by atoms with Gasteiger partial charge in [0, 0.05) is 30.9 Å². The lowest BCUT2D eigenvalue weighted by Crippen LogP contribution is -2.32. The van der Waals surface area contributed by atoms with E-state index in [9.17, 15) is 4.79 Å². The Morgan fingerprint density at radius 1 is 1.43 bits per heavy atom. The van der Waals surface area contributed by atoms with E-state index in [1.807, 2.05) is 12.1 Å². The summed E-state index contributed by atoms with van der Waals surface area (Å²) < 4.78 is 0.